The molecule has 102 valence electrons. The topological polar surface area (TPSA) is 44.0 Å². The van der Waals surface area contributed by atoms with Gasteiger partial charge in [0.1, 0.15) is 0 Å². The van der Waals surface area contributed by atoms with E-state index < -0.39 is 11.5 Å². The van der Waals surface area contributed by atoms with Crippen molar-refractivity contribution in [2.24, 2.45) is 11.3 Å². The lowest BCUT2D eigenvalue weighted by atomic mass is 9.78. The van der Waals surface area contributed by atoms with Crippen molar-refractivity contribution in [3.05, 3.63) is 33.3 Å². The normalized spacial score (nSPS) is 28.1. The fraction of sp³-hybridized carbons (Fsp3) is 0.533. The summed E-state index contributed by atoms with van der Waals surface area (Å²) in [5.41, 5.74) is 0.114. The van der Waals surface area contributed by atoms with Gasteiger partial charge in [-0.2, -0.15) is 5.26 Å². The summed E-state index contributed by atoms with van der Waals surface area (Å²) in [6.07, 6.45) is 2.89. The second-order valence-corrected chi connectivity index (χ2v) is 6.62. The molecule has 0 amide bonds. The van der Waals surface area contributed by atoms with Gasteiger partial charge in [-0.1, -0.05) is 31.0 Å². The van der Waals surface area contributed by atoms with E-state index in [0.717, 1.165) is 35.7 Å². The number of hydrogen-bond acceptors (Lipinski definition) is 2. The molecule has 0 radical (unpaired) electrons. The molecule has 4 heteroatoms. The molecule has 1 aliphatic rings. The number of nitrogens with zero attached hydrogens (tertiary/aromatic N) is 1. The third-order valence-electron chi connectivity index (χ3n) is 4.23. The average molecular weight is 343 g/mol. The van der Waals surface area contributed by atoms with Gasteiger partial charge in [0.25, 0.3) is 0 Å². The highest BCUT2D eigenvalue weighted by Gasteiger charge is 2.45. The largest absolute Gasteiger partial charge is 0.387 e. The summed E-state index contributed by atoms with van der Waals surface area (Å²) in [4.78, 5) is 0. The van der Waals surface area contributed by atoms with Crippen molar-refractivity contribution >= 4 is 27.5 Å². The Balaban J connectivity index is 2.29. The predicted molar refractivity (Wildman–Crippen MR) is 79.8 cm³/mol. The van der Waals surface area contributed by atoms with Crippen LogP contribution in [0.4, 0.5) is 0 Å². The highest BCUT2D eigenvalue weighted by Crippen LogP contribution is 2.50. The highest BCUT2D eigenvalue weighted by atomic mass is 79.9. The first-order valence-electron chi connectivity index (χ1n) is 6.56. The first-order valence-corrected chi connectivity index (χ1v) is 7.74. The molecule has 1 fully saturated rings. The zero-order valence-corrected chi connectivity index (χ0v) is 13.2. The SMILES string of the molecule is CCC1CCC(C#N)(C(O)c2ccc(Cl)c(Br)c2)C1. The fourth-order valence-corrected chi connectivity index (χ4v) is 3.46. The Hall–Kier alpha value is -0.560. The second kappa shape index (κ2) is 5.83. The van der Waals surface area contributed by atoms with E-state index in [4.69, 9.17) is 11.6 Å². The van der Waals surface area contributed by atoms with Gasteiger partial charge in [-0.3, -0.25) is 0 Å². The molecule has 0 saturated heterocycles. The highest BCUT2D eigenvalue weighted by molar-refractivity contribution is 9.10. The first-order chi connectivity index (χ1) is 9.02. The van der Waals surface area contributed by atoms with Crippen LogP contribution in [0.5, 0.6) is 0 Å². The van der Waals surface area contributed by atoms with Crippen molar-refractivity contribution in [3.8, 4) is 6.07 Å². The van der Waals surface area contributed by atoms with Gasteiger partial charge in [-0.25, -0.2) is 0 Å². The van der Waals surface area contributed by atoms with E-state index in [1.54, 1.807) is 12.1 Å². The van der Waals surface area contributed by atoms with E-state index in [0.29, 0.717) is 10.9 Å². The van der Waals surface area contributed by atoms with Gasteiger partial charge in [-0.05, 0) is 58.8 Å². The van der Waals surface area contributed by atoms with Crippen LogP contribution in [0, 0.1) is 22.7 Å². The number of nitriles is 1. The van der Waals surface area contributed by atoms with Crippen molar-refractivity contribution in [3.63, 3.8) is 0 Å². The van der Waals surface area contributed by atoms with Gasteiger partial charge >= 0.3 is 0 Å². The Kier molecular flexibility index (Phi) is 4.55. The lowest BCUT2D eigenvalue weighted by Gasteiger charge is -2.28. The van der Waals surface area contributed by atoms with E-state index in [1.165, 1.54) is 0 Å². The Labute approximate surface area is 127 Å². The van der Waals surface area contributed by atoms with Gasteiger partial charge in [0.05, 0.1) is 22.6 Å². The van der Waals surface area contributed by atoms with Gasteiger partial charge in [0.2, 0.25) is 0 Å². The van der Waals surface area contributed by atoms with Crippen LogP contribution in [0.2, 0.25) is 5.02 Å². The molecule has 2 rings (SSSR count). The van der Waals surface area contributed by atoms with E-state index >= 15 is 0 Å². The zero-order valence-electron chi connectivity index (χ0n) is 10.9. The molecule has 0 bridgehead atoms. The number of aliphatic hydroxyl groups is 1. The molecule has 0 aliphatic heterocycles. The molecule has 19 heavy (non-hydrogen) atoms. The maximum Gasteiger partial charge on any atom is 0.0976 e. The minimum absolute atomic E-state index is 0.546. The van der Waals surface area contributed by atoms with Crippen LogP contribution in [-0.2, 0) is 0 Å². The number of halogens is 2. The summed E-state index contributed by atoms with van der Waals surface area (Å²) in [6, 6.07) is 7.74. The lowest BCUT2D eigenvalue weighted by molar-refractivity contribution is 0.0640. The molecule has 1 aromatic carbocycles. The van der Waals surface area contributed by atoms with Crippen LogP contribution in [-0.4, -0.2) is 5.11 Å². The van der Waals surface area contributed by atoms with Crippen molar-refractivity contribution in [2.75, 3.05) is 0 Å². The molecular formula is C15H17BrClNO. The first kappa shape index (κ1) is 14.8. The summed E-state index contributed by atoms with van der Waals surface area (Å²) in [5, 5.41) is 20.8. The molecule has 0 spiro atoms. The molecule has 0 aromatic heterocycles. The van der Waals surface area contributed by atoms with Gasteiger partial charge in [0.15, 0.2) is 0 Å². The summed E-state index contributed by atoms with van der Waals surface area (Å²) in [5.74, 6) is 0.546. The second-order valence-electron chi connectivity index (χ2n) is 5.36. The molecule has 2 nitrogen and oxygen atoms in total. The summed E-state index contributed by atoms with van der Waals surface area (Å²) >= 11 is 9.33. The standard InChI is InChI=1S/C15H17BrClNO/c1-2-10-5-6-15(8-10,9-18)14(19)11-3-4-13(17)12(16)7-11/h3-4,7,10,14,19H,2,5-6,8H2,1H3. The van der Waals surface area contributed by atoms with Crippen molar-refractivity contribution in [1.82, 2.24) is 0 Å². The van der Waals surface area contributed by atoms with E-state index in [9.17, 15) is 10.4 Å². The van der Waals surface area contributed by atoms with Crippen LogP contribution in [0.3, 0.4) is 0 Å². The minimum Gasteiger partial charge on any atom is -0.387 e. The molecule has 1 saturated carbocycles. The number of rotatable bonds is 3. The van der Waals surface area contributed by atoms with Crippen LogP contribution < -0.4 is 0 Å². The summed E-state index contributed by atoms with van der Waals surface area (Å²) in [7, 11) is 0. The average Bonchev–Trinajstić information content (AvgIpc) is 2.86. The van der Waals surface area contributed by atoms with Crippen LogP contribution in [0.15, 0.2) is 22.7 Å². The van der Waals surface area contributed by atoms with Crippen molar-refractivity contribution in [2.45, 2.75) is 38.7 Å². The quantitative estimate of drug-likeness (QED) is 0.852. The Morgan fingerprint density at radius 1 is 1.63 bits per heavy atom. The van der Waals surface area contributed by atoms with Crippen LogP contribution in [0.1, 0.15) is 44.3 Å². The molecule has 3 unspecified atom stereocenters. The van der Waals surface area contributed by atoms with Gasteiger partial charge in [0, 0.05) is 4.47 Å². The molecular weight excluding hydrogens is 326 g/mol. The fourth-order valence-electron chi connectivity index (χ4n) is 2.94. The van der Waals surface area contributed by atoms with Crippen LogP contribution in [0.25, 0.3) is 0 Å². The van der Waals surface area contributed by atoms with Crippen molar-refractivity contribution < 1.29 is 5.11 Å². The predicted octanol–water partition coefficient (Wildman–Crippen LogP) is 4.86. The monoisotopic (exact) mass is 341 g/mol. The number of benzene rings is 1. The molecule has 1 N–H and O–H groups in total. The molecule has 3 atom stereocenters. The zero-order chi connectivity index (χ0) is 14.0. The summed E-state index contributed by atoms with van der Waals surface area (Å²) in [6.45, 7) is 2.14. The third-order valence-corrected chi connectivity index (χ3v) is 5.45. The van der Waals surface area contributed by atoms with E-state index in [-0.39, 0.29) is 0 Å². The van der Waals surface area contributed by atoms with Gasteiger partial charge < -0.3 is 5.11 Å². The van der Waals surface area contributed by atoms with Crippen molar-refractivity contribution in [1.29, 1.82) is 5.26 Å². The Morgan fingerprint density at radius 2 is 2.37 bits per heavy atom. The Bertz CT molecular complexity index is 513. The minimum atomic E-state index is -0.748. The Morgan fingerprint density at radius 3 is 2.89 bits per heavy atom. The lowest BCUT2D eigenvalue weighted by Crippen LogP contribution is -2.24. The van der Waals surface area contributed by atoms with E-state index in [2.05, 4.69) is 28.9 Å². The van der Waals surface area contributed by atoms with Crippen LogP contribution >= 0.6 is 27.5 Å². The summed E-state index contributed by atoms with van der Waals surface area (Å²) < 4.78 is 0.754. The molecule has 0 heterocycles. The molecule has 1 aliphatic carbocycles. The van der Waals surface area contributed by atoms with E-state index in [1.807, 2.05) is 6.07 Å². The number of aliphatic hydroxyl groups excluding tert-OH is 1. The van der Waals surface area contributed by atoms with Gasteiger partial charge in [-0.15, -0.1) is 0 Å². The third kappa shape index (κ3) is 2.81. The molecule has 1 aromatic rings. The maximum atomic E-state index is 10.6. The smallest absolute Gasteiger partial charge is 0.0976 e. The maximum absolute atomic E-state index is 10.6. The number of hydrogen-bond donors (Lipinski definition) is 1.